The Kier molecular flexibility index (Phi) is 6.24. The summed E-state index contributed by atoms with van der Waals surface area (Å²) < 4.78 is 0. The van der Waals surface area contributed by atoms with Gasteiger partial charge in [0.05, 0.1) is 0 Å². The molecular weight excluding hydrogens is 136 g/mol. The van der Waals surface area contributed by atoms with Crippen LogP contribution in [0.2, 0.25) is 0 Å². The third kappa shape index (κ3) is 9.70. The van der Waals surface area contributed by atoms with Crippen LogP contribution in [0.4, 0.5) is 0 Å². The van der Waals surface area contributed by atoms with Crippen molar-refractivity contribution >= 4 is 0 Å². The van der Waals surface area contributed by atoms with Gasteiger partial charge in [-0.2, -0.15) is 0 Å². The van der Waals surface area contributed by atoms with Crippen molar-refractivity contribution in [3.8, 4) is 0 Å². The molecule has 1 rings (SSSR count). The SMILES string of the molecule is CC(C)O.CC1C=CCCC1. The fourth-order valence-electron chi connectivity index (χ4n) is 0.982. The third-order valence-corrected chi connectivity index (χ3v) is 1.49. The molecule has 0 saturated heterocycles. The maximum absolute atomic E-state index is 8.06. The quantitative estimate of drug-likeness (QED) is 0.535. The van der Waals surface area contributed by atoms with E-state index >= 15 is 0 Å². The van der Waals surface area contributed by atoms with Crippen molar-refractivity contribution in [3.05, 3.63) is 12.2 Å². The van der Waals surface area contributed by atoms with Crippen molar-refractivity contribution in [2.45, 2.75) is 46.1 Å². The van der Waals surface area contributed by atoms with Crippen LogP contribution in [0.1, 0.15) is 40.0 Å². The molecule has 0 saturated carbocycles. The van der Waals surface area contributed by atoms with Gasteiger partial charge in [0.25, 0.3) is 0 Å². The van der Waals surface area contributed by atoms with Crippen molar-refractivity contribution in [1.82, 2.24) is 0 Å². The molecule has 0 aromatic carbocycles. The molecule has 0 amide bonds. The summed E-state index contributed by atoms with van der Waals surface area (Å²) in [5.74, 6) is 0.855. The Balaban J connectivity index is 0.000000218. The molecule has 1 unspecified atom stereocenters. The lowest BCUT2D eigenvalue weighted by Crippen LogP contribution is -1.92. The minimum Gasteiger partial charge on any atom is -0.394 e. The van der Waals surface area contributed by atoms with E-state index in [-0.39, 0.29) is 6.10 Å². The largest absolute Gasteiger partial charge is 0.394 e. The zero-order valence-corrected chi connectivity index (χ0v) is 7.88. The molecule has 0 bridgehead atoms. The Morgan fingerprint density at radius 2 is 2.00 bits per heavy atom. The Labute approximate surface area is 70.1 Å². The van der Waals surface area contributed by atoms with Crippen LogP contribution in [0.3, 0.4) is 0 Å². The molecule has 66 valence electrons. The maximum atomic E-state index is 8.06. The molecule has 1 atom stereocenters. The third-order valence-electron chi connectivity index (χ3n) is 1.49. The second kappa shape index (κ2) is 6.41. The highest BCUT2D eigenvalue weighted by Gasteiger charge is 1.98. The van der Waals surface area contributed by atoms with E-state index in [9.17, 15) is 0 Å². The van der Waals surface area contributed by atoms with Gasteiger partial charge < -0.3 is 5.11 Å². The zero-order valence-electron chi connectivity index (χ0n) is 7.88. The highest BCUT2D eigenvalue weighted by molar-refractivity contribution is 4.90. The van der Waals surface area contributed by atoms with Crippen LogP contribution in [0.25, 0.3) is 0 Å². The standard InChI is InChI=1S/C7H12.C3H8O/c1-7-5-3-2-4-6-7;1-3(2)4/h3,5,7H,2,4,6H2,1H3;3-4H,1-2H3. The summed E-state index contributed by atoms with van der Waals surface area (Å²) in [5.41, 5.74) is 0. The van der Waals surface area contributed by atoms with Crippen molar-refractivity contribution in [3.63, 3.8) is 0 Å². The normalized spacial score (nSPS) is 22.8. The Bertz CT molecular complexity index is 103. The number of rotatable bonds is 0. The monoisotopic (exact) mass is 156 g/mol. The molecule has 1 aliphatic rings. The first-order chi connectivity index (χ1) is 5.13. The fraction of sp³-hybridized carbons (Fsp3) is 0.800. The molecule has 1 aliphatic carbocycles. The molecule has 0 aromatic heterocycles. The molecule has 1 heteroatoms. The van der Waals surface area contributed by atoms with Crippen molar-refractivity contribution in [1.29, 1.82) is 0 Å². The van der Waals surface area contributed by atoms with E-state index in [1.807, 2.05) is 0 Å². The molecule has 0 radical (unpaired) electrons. The second-order valence-corrected chi connectivity index (χ2v) is 3.43. The summed E-state index contributed by atoms with van der Waals surface area (Å²) in [6.07, 6.45) is 8.54. The van der Waals surface area contributed by atoms with Gasteiger partial charge in [0.2, 0.25) is 0 Å². The van der Waals surface area contributed by atoms with Crippen LogP contribution in [0, 0.1) is 5.92 Å². The van der Waals surface area contributed by atoms with E-state index in [2.05, 4.69) is 19.1 Å². The van der Waals surface area contributed by atoms with Gasteiger partial charge in [-0.25, -0.2) is 0 Å². The Morgan fingerprint density at radius 3 is 2.18 bits per heavy atom. The number of aliphatic hydroxyl groups excluding tert-OH is 1. The molecule has 0 heterocycles. The van der Waals surface area contributed by atoms with Crippen LogP contribution in [0.5, 0.6) is 0 Å². The maximum Gasteiger partial charge on any atom is 0.0483 e. The van der Waals surface area contributed by atoms with Crippen LogP contribution in [0.15, 0.2) is 12.2 Å². The molecule has 1 nitrogen and oxygen atoms in total. The summed E-state index contributed by atoms with van der Waals surface area (Å²) in [5, 5.41) is 8.06. The van der Waals surface area contributed by atoms with E-state index in [0.717, 1.165) is 5.92 Å². The smallest absolute Gasteiger partial charge is 0.0483 e. The summed E-state index contributed by atoms with van der Waals surface area (Å²) in [7, 11) is 0. The van der Waals surface area contributed by atoms with E-state index in [1.54, 1.807) is 13.8 Å². The average molecular weight is 156 g/mol. The summed E-state index contributed by atoms with van der Waals surface area (Å²) >= 11 is 0. The van der Waals surface area contributed by atoms with Gasteiger partial charge in [0.1, 0.15) is 0 Å². The van der Waals surface area contributed by atoms with E-state index in [4.69, 9.17) is 5.11 Å². The van der Waals surface area contributed by atoms with Crippen LogP contribution < -0.4 is 0 Å². The average Bonchev–Trinajstić information content (AvgIpc) is 1.87. The predicted octanol–water partition coefficient (Wildman–Crippen LogP) is 2.75. The Morgan fingerprint density at radius 1 is 1.45 bits per heavy atom. The molecule has 0 spiro atoms. The van der Waals surface area contributed by atoms with Gasteiger partial charge in [0.15, 0.2) is 0 Å². The topological polar surface area (TPSA) is 20.2 Å². The number of hydrogen-bond donors (Lipinski definition) is 1. The minimum atomic E-state index is -0.167. The summed E-state index contributed by atoms with van der Waals surface area (Å²) in [6.45, 7) is 5.72. The fourth-order valence-corrected chi connectivity index (χ4v) is 0.982. The number of allylic oxidation sites excluding steroid dienone is 2. The molecular formula is C10H20O. The van der Waals surface area contributed by atoms with Crippen molar-refractivity contribution < 1.29 is 5.11 Å². The number of aliphatic hydroxyl groups is 1. The van der Waals surface area contributed by atoms with Gasteiger partial charge in [-0.05, 0) is 39.0 Å². The van der Waals surface area contributed by atoms with Crippen LogP contribution in [-0.2, 0) is 0 Å². The van der Waals surface area contributed by atoms with Crippen molar-refractivity contribution in [2.75, 3.05) is 0 Å². The van der Waals surface area contributed by atoms with Gasteiger partial charge in [-0.15, -0.1) is 0 Å². The lowest BCUT2D eigenvalue weighted by atomic mass is 9.98. The first-order valence-electron chi connectivity index (χ1n) is 4.47. The molecule has 11 heavy (non-hydrogen) atoms. The van der Waals surface area contributed by atoms with E-state index in [1.165, 1.54) is 19.3 Å². The number of hydrogen-bond acceptors (Lipinski definition) is 1. The first kappa shape index (κ1) is 10.7. The minimum absolute atomic E-state index is 0.167. The molecule has 0 aromatic rings. The summed E-state index contributed by atoms with van der Waals surface area (Å²) in [6, 6.07) is 0. The summed E-state index contributed by atoms with van der Waals surface area (Å²) in [4.78, 5) is 0. The first-order valence-corrected chi connectivity index (χ1v) is 4.47. The highest BCUT2D eigenvalue weighted by Crippen LogP contribution is 2.14. The van der Waals surface area contributed by atoms with Crippen LogP contribution >= 0.6 is 0 Å². The lowest BCUT2D eigenvalue weighted by Gasteiger charge is -2.08. The molecule has 0 aliphatic heterocycles. The van der Waals surface area contributed by atoms with Gasteiger partial charge in [-0.3, -0.25) is 0 Å². The van der Waals surface area contributed by atoms with Gasteiger partial charge >= 0.3 is 0 Å². The molecule has 0 fully saturated rings. The lowest BCUT2D eigenvalue weighted by molar-refractivity contribution is 0.216. The van der Waals surface area contributed by atoms with Crippen molar-refractivity contribution in [2.24, 2.45) is 5.92 Å². The van der Waals surface area contributed by atoms with Crippen LogP contribution in [-0.4, -0.2) is 11.2 Å². The van der Waals surface area contributed by atoms with Gasteiger partial charge in [-0.1, -0.05) is 19.1 Å². The van der Waals surface area contributed by atoms with E-state index in [0.29, 0.717) is 0 Å². The zero-order chi connectivity index (χ0) is 8.69. The second-order valence-electron chi connectivity index (χ2n) is 3.43. The van der Waals surface area contributed by atoms with E-state index < -0.39 is 0 Å². The molecule has 1 N–H and O–H groups in total. The predicted molar refractivity (Wildman–Crippen MR) is 49.5 cm³/mol. The Hall–Kier alpha value is -0.300. The van der Waals surface area contributed by atoms with Gasteiger partial charge in [0, 0.05) is 6.10 Å². The highest BCUT2D eigenvalue weighted by atomic mass is 16.3.